The second-order valence-electron chi connectivity index (χ2n) is 4.90. The normalized spacial score (nSPS) is 20.1. The van der Waals surface area contributed by atoms with Crippen molar-refractivity contribution >= 4 is 5.82 Å². The molecule has 0 aliphatic carbocycles. The van der Waals surface area contributed by atoms with Crippen LogP contribution in [0.5, 0.6) is 0 Å². The first kappa shape index (κ1) is 13.1. The van der Waals surface area contributed by atoms with Gasteiger partial charge in [-0.25, -0.2) is 4.98 Å². The third kappa shape index (κ3) is 2.72. The molecule has 100 valence electrons. The predicted octanol–water partition coefficient (Wildman–Crippen LogP) is 0.749. The molecule has 0 saturated carbocycles. The van der Waals surface area contributed by atoms with Crippen LogP contribution in [-0.2, 0) is 7.05 Å². The van der Waals surface area contributed by atoms with Crippen LogP contribution in [0.4, 0.5) is 5.82 Å². The molecule has 1 atom stereocenters. The van der Waals surface area contributed by atoms with Crippen molar-refractivity contribution in [3.63, 3.8) is 0 Å². The van der Waals surface area contributed by atoms with Crippen LogP contribution in [0.3, 0.4) is 0 Å². The molecule has 5 heteroatoms. The minimum atomic E-state index is 0.00820. The molecule has 5 nitrogen and oxygen atoms in total. The number of nitrogens with one attached hydrogen (secondary N) is 1. The van der Waals surface area contributed by atoms with E-state index in [9.17, 15) is 4.79 Å². The lowest BCUT2D eigenvalue weighted by atomic mass is 9.99. The molecule has 1 saturated heterocycles. The van der Waals surface area contributed by atoms with E-state index >= 15 is 0 Å². The highest BCUT2D eigenvalue weighted by atomic mass is 16.1. The van der Waals surface area contributed by atoms with Gasteiger partial charge in [0.25, 0.3) is 5.56 Å². The molecule has 0 aromatic carbocycles. The quantitative estimate of drug-likeness (QED) is 0.856. The van der Waals surface area contributed by atoms with Crippen molar-refractivity contribution in [2.24, 2.45) is 7.05 Å². The van der Waals surface area contributed by atoms with Crippen LogP contribution in [0, 0.1) is 0 Å². The minimum Gasteiger partial charge on any atom is -0.349 e. The Morgan fingerprint density at radius 3 is 3.11 bits per heavy atom. The monoisotopic (exact) mass is 250 g/mol. The molecular formula is C13H22N4O. The Morgan fingerprint density at radius 2 is 2.33 bits per heavy atom. The van der Waals surface area contributed by atoms with Gasteiger partial charge >= 0.3 is 0 Å². The summed E-state index contributed by atoms with van der Waals surface area (Å²) in [5.41, 5.74) is 0.00820. The van der Waals surface area contributed by atoms with Crippen LogP contribution in [0.25, 0.3) is 0 Å². The molecule has 1 unspecified atom stereocenters. The Labute approximate surface area is 108 Å². The lowest BCUT2D eigenvalue weighted by Crippen LogP contribution is -2.44. The Morgan fingerprint density at radius 1 is 1.50 bits per heavy atom. The number of piperidine rings is 1. The van der Waals surface area contributed by atoms with Crippen molar-refractivity contribution in [2.75, 3.05) is 25.0 Å². The highest BCUT2D eigenvalue weighted by Crippen LogP contribution is 2.22. The van der Waals surface area contributed by atoms with E-state index in [4.69, 9.17) is 0 Å². The first-order valence-electron chi connectivity index (χ1n) is 6.67. The molecule has 2 heterocycles. The highest BCUT2D eigenvalue weighted by Gasteiger charge is 2.25. The lowest BCUT2D eigenvalue weighted by Gasteiger charge is -2.36. The third-order valence-electron chi connectivity index (χ3n) is 3.63. The van der Waals surface area contributed by atoms with Crippen LogP contribution in [0.2, 0.25) is 0 Å². The summed E-state index contributed by atoms with van der Waals surface area (Å²) in [5.74, 6) is 0.612. The second-order valence-corrected chi connectivity index (χ2v) is 4.90. The molecule has 1 aromatic heterocycles. The summed E-state index contributed by atoms with van der Waals surface area (Å²) in [7, 11) is 3.74. The van der Waals surface area contributed by atoms with Gasteiger partial charge in [0, 0.05) is 32.0 Å². The minimum absolute atomic E-state index is 0.00820. The van der Waals surface area contributed by atoms with Gasteiger partial charge in [0.15, 0.2) is 5.82 Å². The van der Waals surface area contributed by atoms with Crippen molar-refractivity contribution in [1.29, 1.82) is 0 Å². The van der Waals surface area contributed by atoms with E-state index in [0.717, 1.165) is 32.4 Å². The van der Waals surface area contributed by atoms with E-state index in [2.05, 4.69) is 15.2 Å². The van der Waals surface area contributed by atoms with Gasteiger partial charge in [0.2, 0.25) is 0 Å². The number of aryl methyl sites for hydroxylation is 1. The van der Waals surface area contributed by atoms with E-state index in [1.165, 1.54) is 6.42 Å². The average Bonchev–Trinajstić information content (AvgIpc) is 2.40. The topological polar surface area (TPSA) is 50.2 Å². The molecule has 1 aromatic rings. The maximum atomic E-state index is 12.1. The molecule has 0 bridgehead atoms. The average molecular weight is 250 g/mol. The maximum absolute atomic E-state index is 12.1. The zero-order valence-corrected chi connectivity index (χ0v) is 11.2. The summed E-state index contributed by atoms with van der Waals surface area (Å²) in [4.78, 5) is 18.6. The number of hydrogen-bond donors (Lipinski definition) is 1. The lowest BCUT2D eigenvalue weighted by molar-refractivity contribution is 0.428. The van der Waals surface area contributed by atoms with Crippen molar-refractivity contribution in [3.8, 4) is 0 Å². The summed E-state index contributed by atoms with van der Waals surface area (Å²) >= 11 is 0. The largest absolute Gasteiger partial charge is 0.349 e. The van der Waals surface area contributed by atoms with Crippen LogP contribution in [0.1, 0.15) is 25.7 Å². The van der Waals surface area contributed by atoms with E-state index in [1.54, 1.807) is 24.0 Å². The molecule has 1 N–H and O–H groups in total. The second kappa shape index (κ2) is 6.00. The summed E-state index contributed by atoms with van der Waals surface area (Å²) in [6.07, 6.45) is 8.03. The number of hydrogen-bond acceptors (Lipinski definition) is 4. The van der Waals surface area contributed by atoms with E-state index < -0.39 is 0 Å². The molecule has 1 aliphatic rings. The number of aromatic nitrogens is 2. The standard InChI is InChI=1S/C13H22N4O/c1-14-7-6-11-5-3-4-9-17(11)12-13(18)16(2)10-8-15-12/h8,10-11,14H,3-7,9H2,1-2H3. The smallest absolute Gasteiger partial charge is 0.293 e. The van der Waals surface area contributed by atoms with Gasteiger partial charge in [-0.1, -0.05) is 0 Å². The van der Waals surface area contributed by atoms with Crippen molar-refractivity contribution < 1.29 is 0 Å². The Kier molecular flexibility index (Phi) is 4.36. The zero-order chi connectivity index (χ0) is 13.0. The van der Waals surface area contributed by atoms with Crippen molar-refractivity contribution in [1.82, 2.24) is 14.9 Å². The highest BCUT2D eigenvalue weighted by molar-refractivity contribution is 5.37. The molecule has 0 amide bonds. The third-order valence-corrected chi connectivity index (χ3v) is 3.63. The van der Waals surface area contributed by atoms with Crippen molar-refractivity contribution in [2.45, 2.75) is 31.7 Å². The van der Waals surface area contributed by atoms with Crippen LogP contribution >= 0.6 is 0 Å². The fraction of sp³-hybridized carbons (Fsp3) is 0.692. The Bertz CT molecular complexity index is 443. The SMILES string of the molecule is CNCCC1CCCCN1c1nccn(C)c1=O. The maximum Gasteiger partial charge on any atom is 0.293 e. The van der Waals surface area contributed by atoms with Crippen LogP contribution < -0.4 is 15.8 Å². The molecule has 2 rings (SSSR count). The van der Waals surface area contributed by atoms with E-state index in [1.807, 2.05) is 7.05 Å². The molecular weight excluding hydrogens is 228 g/mol. The van der Waals surface area contributed by atoms with Crippen LogP contribution in [-0.4, -0.2) is 35.7 Å². The summed E-state index contributed by atoms with van der Waals surface area (Å²) in [5, 5.41) is 3.18. The van der Waals surface area contributed by atoms with Crippen LogP contribution in [0.15, 0.2) is 17.2 Å². The van der Waals surface area contributed by atoms with Gasteiger partial charge < -0.3 is 14.8 Å². The summed E-state index contributed by atoms with van der Waals surface area (Å²) in [6.45, 7) is 1.93. The van der Waals surface area contributed by atoms with Gasteiger partial charge in [-0.15, -0.1) is 0 Å². The molecule has 0 spiro atoms. The van der Waals surface area contributed by atoms with Gasteiger partial charge in [-0.05, 0) is 39.3 Å². The number of nitrogens with zero attached hydrogens (tertiary/aromatic N) is 3. The van der Waals surface area contributed by atoms with Gasteiger partial charge in [-0.2, -0.15) is 0 Å². The zero-order valence-electron chi connectivity index (χ0n) is 11.2. The number of anilines is 1. The predicted molar refractivity (Wildman–Crippen MR) is 73.0 cm³/mol. The summed E-state index contributed by atoms with van der Waals surface area (Å²) in [6, 6.07) is 0.439. The Hall–Kier alpha value is -1.36. The fourth-order valence-electron chi connectivity index (χ4n) is 2.57. The number of rotatable bonds is 4. The van der Waals surface area contributed by atoms with Crippen molar-refractivity contribution in [3.05, 3.63) is 22.7 Å². The van der Waals surface area contributed by atoms with Gasteiger partial charge in [0.1, 0.15) is 0 Å². The van der Waals surface area contributed by atoms with Gasteiger partial charge in [-0.3, -0.25) is 4.79 Å². The van der Waals surface area contributed by atoms with Gasteiger partial charge in [0.05, 0.1) is 0 Å². The first-order valence-corrected chi connectivity index (χ1v) is 6.67. The summed E-state index contributed by atoms with van der Waals surface area (Å²) < 4.78 is 1.60. The molecule has 18 heavy (non-hydrogen) atoms. The molecule has 1 aliphatic heterocycles. The fourth-order valence-corrected chi connectivity index (χ4v) is 2.57. The molecule has 0 radical (unpaired) electrons. The van der Waals surface area contributed by atoms with E-state index in [0.29, 0.717) is 11.9 Å². The molecule has 1 fully saturated rings. The first-order chi connectivity index (χ1) is 8.74. The van der Waals surface area contributed by atoms with E-state index in [-0.39, 0.29) is 5.56 Å². The Balaban J connectivity index is 2.22.